The fourth-order valence-electron chi connectivity index (χ4n) is 3.33. The maximum atomic E-state index is 13.0. The topological polar surface area (TPSA) is 66.7 Å². The normalized spacial score (nSPS) is 17.6. The van der Waals surface area contributed by atoms with Crippen LogP contribution in [0.15, 0.2) is 34.9 Å². The number of hydrogen-bond acceptors (Lipinski definition) is 4. The first-order valence-corrected chi connectivity index (χ1v) is 8.49. The van der Waals surface area contributed by atoms with Crippen LogP contribution in [0.3, 0.4) is 0 Å². The Bertz CT molecular complexity index is 750. The molecule has 1 unspecified atom stereocenters. The van der Waals surface area contributed by atoms with E-state index >= 15 is 0 Å². The monoisotopic (exact) mass is 341 g/mol. The molecule has 2 heterocycles. The van der Waals surface area contributed by atoms with Crippen molar-refractivity contribution in [2.45, 2.75) is 33.2 Å². The van der Waals surface area contributed by atoms with Crippen molar-refractivity contribution in [3.8, 4) is 0 Å². The highest BCUT2D eigenvalue weighted by atomic mass is 16.5. The van der Waals surface area contributed by atoms with Gasteiger partial charge >= 0.3 is 0 Å². The van der Waals surface area contributed by atoms with Gasteiger partial charge in [0.05, 0.1) is 18.2 Å². The number of aromatic nitrogens is 1. The molecule has 1 saturated heterocycles. The summed E-state index contributed by atoms with van der Waals surface area (Å²) in [5, 5.41) is 3.93. The van der Waals surface area contributed by atoms with Crippen LogP contribution in [-0.4, -0.2) is 46.4 Å². The van der Waals surface area contributed by atoms with E-state index in [0.29, 0.717) is 25.4 Å². The molecule has 6 nitrogen and oxygen atoms in total. The predicted molar refractivity (Wildman–Crippen MR) is 92.8 cm³/mol. The van der Waals surface area contributed by atoms with Gasteiger partial charge in [0.1, 0.15) is 5.76 Å². The van der Waals surface area contributed by atoms with Crippen molar-refractivity contribution in [1.82, 2.24) is 15.0 Å². The van der Waals surface area contributed by atoms with E-state index in [0.717, 1.165) is 16.8 Å². The molecule has 3 rings (SSSR count). The highest BCUT2D eigenvalue weighted by molar-refractivity contribution is 5.80. The van der Waals surface area contributed by atoms with Crippen molar-refractivity contribution in [2.24, 2.45) is 0 Å². The lowest BCUT2D eigenvalue weighted by Gasteiger charge is -2.41. The SMILES string of the molecule is CC(=O)N1CCN(C(=O)Cc2c(C)noc2C)C(c2ccccc2)C1. The Balaban J connectivity index is 1.84. The van der Waals surface area contributed by atoms with E-state index in [-0.39, 0.29) is 24.3 Å². The summed E-state index contributed by atoms with van der Waals surface area (Å²) in [6.45, 7) is 6.86. The van der Waals surface area contributed by atoms with Crippen LogP contribution >= 0.6 is 0 Å². The maximum Gasteiger partial charge on any atom is 0.227 e. The van der Waals surface area contributed by atoms with Crippen LogP contribution < -0.4 is 0 Å². The minimum atomic E-state index is -0.133. The summed E-state index contributed by atoms with van der Waals surface area (Å²) in [4.78, 5) is 28.5. The molecular weight excluding hydrogens is 318 g/mol. The average molecular weight is 341 g/mol. The van der Waals surface area contributed by atoms with E-state index in [4.69, 9.17) is 4.52 Å². The molecule has 0 N–H and O–H groups in total. The van der Waals surface area contributed by atoms with E-state index in [1.807, 2.05) is 49.1 Å². The molecule has 0 aliphatic carbocycles. The summed E-state index contributed by atoms with van der Waals surface area (Å²) < 4.78 is 5.17. The van der Waals surface area contributed by atoms with Gasteiger partial charge in [0.25, 0.3) is 0 Å². The number of benzene rings is 1. The van der Waals surface area contributed by atoms with Gasteiger partial charge in [-0.2, -0.15) is 0 Å². The van der Waals surface area contributed by atoms with Crippen LogP contribution in [0, 0.1) is 13.8 Å². The van der Waals surface area contributed by atoms with Gasteiger partial charge < -0.3 is 14.3 Å². The Kier molecular flexibility index (Phi) is 4.88. The summed E-state index contributed by atoms with van der Waals surface area (Å²) in [6, 6.07) is 9.74. The first kappa shape index (κ1) is 17.2. The largest absolute Gasteiger partial charge is 0.361 e. The molecule has 1 aromatic heterocycles. The van der Waals surface area contributed by atoms with Crippen molar-refractivity contribution < 1.29 is 14.1 Å². The zero-order chi connectivity index (χ0) is 18.0. The Morgan fingerprint density at radius 3 is 2.52 bits per heavy atom. The fourth-order valence-corrected chi connectivity index (χ4v) is 3.33. The molecule has 1 aliphatic rings. The van der Waals surface area contributed by atoms with Crippen molar-refractivity contribution in [1.29, 1.82) is 0 Å². The molecule has 0 radical (unpaired) electrons. The lowest BCUT2D eigenvalue weighted by atomic mass is 10.0. The van der Waals surface area contributed by atoms with Crippen molar-refractivity contribution >= 4 is 11.8 Å². The Morgan fingerprint density at radius 2 is 1.92 bits per heavy atom. The van der Waals surface area contributed by atoms with Crippen LogP contribution in [0.4, 0.5) is 0 Å². The van der Waals surface area contributed by atoms with E-state index in [1.54, 1.807) is 11.8 Å². The zero-order valence-corrected chi connectivity index (χ0v) is 14.9. The van der Waals surface area contributed by atoms with Crippen molar-refractivity contribution in [3.63, 3.8) is 0 Å². The summed E-state index contributed by atoms with van der Waals surface area (Å²) in [7, 11) is 0. The third-order valence-corrected chi connectivity index (χ3v) is 4.84. The number of amides is 2. The number of carbonyl (C=O) groups excluding carboxylic acids is 2. The number of carbonyl (C=O) groups is 2. The highest BCUT2D eigenvalue weighted by Gasteiger charge is 2.33. The molecule has 2 aromatic rings. The number of rotatable bonds is 3. The Labute approximate surface area is 147 Å². The summed E-state index contributed by atoms with van der Waals surface area (Å²) in [6.07, 6.45) is 0.268. The molecule has 2 amide bonds. The molecule has 0 saturated carbocycles. The number of aryl methyl sites for hydroxylation is 2. The Morgan fingerprint density at radius 1 is 1.20 bits per heavy atom. The van der Waals surface area contributed by atoms with E-state index in [1.165, 1.54) is 0 Å². The smallest absolute Gasteiger partial charge is 0.227 e. The molecule has 6 heteroatoms. The minimum absolute atomic E-state index is 0.0338. The molecule has 0 bridgehead atoms. The van der Waals surface area contributed by atoms with Crippen molar-refractivity contribution in [3.05, 3.63) is 52.9 Å². The van der Waals surface area contributed by atoms with Crippen LogP contribution in [0.1, 0.15) is 35.5 Å². The molecule has 25 heavy (non-hydrogen) atoms. The van der Waals surface area contributed by atoms with Gasteiger partial charge in [-0.05, 0) is 19.4 Å². The second kappa shape index (κ2) is 7.09. The van der Waals surface area contributed by atoms with E-state index in [2.05, 4.69) is 5.16 Å². The zero-order valence-electron chi connectivity index (χ0n) is 14.9. The van der Waals surface area contributed by atoms with Gasteiger partial charge in [0.15, 0.2) is 0 Å². The molecule has 0 spiro atoms. The van der Waals surface area contributed by atoms with E-state index < -0.39 is 0 Å². The number of hydrogen-bond donors (Lipinski definition) is 0. The maximum absolute atomic E-state index is 13.0. The van der Waals surface area contributed by atoms with Crippen LogP contribution in [0.25, 0.3) is 0 Å². The molecule has 1 aromatic carbocycles. The molecular formula is C19H23N3O3. The molecule has 1 aliphatic heterocycles. The highest BCUT2D eigenvalue weighted by Crippen LogP contribution is 2.27. The minimum Gasteiger partial charge on any atom is -0.361 e. The van der Waals surface area contributed by atoms with Gasteiger partial charge in [-0.1, -0.05) is 35.5 Å². The first-order valence-electron chi connectivity index (χ1n) is 8.49. The second-order valence-corrected chi connectivity index (χ2v) is 6.46. The molecule has 1 atom stereocenters. The van der Waals surface area contributed by atoms with Crippen LogP contribution in [-0.2, 0) is 16.0 Å². The van der Waals surface area contributed by atoms with Gasteiger partial charge in [-0.15, -0.1) is 0 Å². The summed E-state index contributed by atoms with van der Waals surface area (Å²) >= 11 is 0. The van der Waals surface area contributed by atoms with Crippen molar-refractivity contribution in [2.75, 3.05) is 19.6 Å². The summed E-state index contributed by atoms with van der Waals surface area (Å²) in [5.74, 6) is 0.759. The standard InChI is InChI=1S/C19H23N3O3/c1-13-17(14(2)25-20-13)11-19(24)22-10-9-21(15(3)23)12-18(22)16-7-5-4-6-8-16/h4-8,18H,9-12H2,1-3H3. The van der Waals surface area contributed by atoms with Gasteiger partial charge in [0, 0.05) is 32.1 Å². The van der Waals surface area contributed by atoms with Crippen LogP contribution in [0.2, 0.25) is 0 Å². The lowest BCUT2D eigenvalue weighted by Crippen LogP contribution is -2.52. The van der Waals surface area contributed by atoms with Gasteiger partial charge in [0.2, 0.25) is 11.8 Å². The number of piperazine rings is 1. The molecule has 1 fully saturated rings. The quantitative estimate of drug-likeness (QED) is 0.859. The third-order valence-electron chi connectivity index (χ3n) is 4.84. The second-order valence-electron chi connectivity index (χ2n) is 6.46. The number of nitrogens with zero attached hydrogens (tertiary/aromatic N) is 3. The van der Waals surface area contributed by atoms with Gasteiger partial charge in [-0.25, -0.2) is 0 Å². The fraction of sp³-hybridized carbons (Fsp3) is 0.421. The van der Waals surface area contributed by atoms with Crippen LogP contribution in [0.5, 0.6) is 0 Å². The summed E-state index contributed by atoms with van der Waals surface area (Å²) in [5.41, 5.74) is 2.65. The van der Waals surface area contributed by atoms with Gasteiger partial charge in [-0.3, -0.25) is 9.59 Å². The Hall–Kier alpha value is -2.63. The average Bonchev–Trinajstić information content (AvgIpc) is 2.93. The first-order chi connectivity index (χ1) is 12.0. The third kappa shape index (κ3) is 3.57. The predicted octanol–water partition coefficient (Wildman–Crippen LogP) is 2.27. The lowest BCUT2D eigenvalue weighted by molar-refractivity contribution is -0.141. The van der Waals surface area contributed by atoms with E-state index in [9.17, 15) is 9.59 Å². The molecule has 132 valence electrons.